The Bertz CT molecular complexity index is 3340. The van der Waals surface area contributed by atoms with Gasteiger partial charge in [0.05, 0.1) is 51.0 Å². The van der Waals surface area contributed by atoms with Crippen LogP contribution >= 0.6 is 20.2 Å². The van der Waals surface area contributed by atoms with Gasteiger partial charge < -0.3 is 84.2 Å². The number of aromatic nitrogens is 12. The number of imidazole rings is 3. The highest BCUT2D eigenvalue weighted by Gasteiger charge is 2.56. The average Bonchev–Trinajstić information content (AvgIpc) is 2.68. The lowest BCUT2D eigenvalue weighted by molar-refractivity contribution is -0.104. The molecule has 3 fully saturated rings. The number of nitrogen functional groups attached to an aromatic ring is 3. The van der Waals surface area contributed by atoms with Gasteiger partial charge >= 0.3 is 20.2 Å². The molecule has 12 N–H and O–H groups in total. The predicted molar refractivity (Wildman–Crippen MR) is 308 cm³/mol. The fourth-order valence-electron chi connectivity index (χ4n) is 10.9. The molecule has 0 radical (unpaired) electrons. The van der Waals surface area contributed by atoms with Crippen LogP contribution in [0.2, 0.25) is 0 Å². The normalized spacial score (nSPS) is 28.5. The first-order valence-electron chi connectivity index (χ1n) is 26.7. The second-order valence-electron chi connectivity index (χ2n) is 20.8. The predicted octanol–water partition coefficient (Wildman–Crippen LogP) is 3.33. The number of unbranched alkanes of at least 4 members (excludes halogenated alkanes) is 5. The van der Waals surface area contributed by atoms with Crippen LogP contribution in [0.25, 0.3) is 33.5 Å². The Morgan fingerprint density at radius 3 is 1.61 bits per heavy atom. The van der Waals surface area contributed by atoms with Gasteiger partial charge in [-0.15, -0.1) is 0 Å². The molecule has 9 rings (SSSR count). The Kier molecular flexibility index (Phi) is 20.6. The van der Waals surface area contributed by atoms with E-state index in [0.29, 0.717) is 25.7 Å². The van der Waals surface area contributed by atoms with Gasteiger partial charge in [-0.2, -0.15) is 0 Å². The Balaban J connectivity index is 0.983. The van der Waals surface area contributed by atoms with E-state index in [-0.39, 0.29) is 64.2 Å². The SMILES string of the molecule is CCCCCCC[C@](C)(COP(O)(=S)O[C@@H]1[C@H](OC)[C@@H]([C@H](CCCC)COP(O)(=S)O[C@@H]2[C@H](OC)[C@@H](COP(O)(O)=S)O[C@H]2n2cnc3c(N)ncnc32)O[C@H]1n1cnc2c(N)ncnc21)[C@H]1O[C@@H](n2cnc3c(N)ncnc32)[C@H](O)[C@@H]1O. The van der Waals surface area contributed by atoms with Gasteiger partial charge in [-0.05, 0) is 48.3 Å². The number of aliphatic hydroxyl groups is 2. The largest absolute Gasteiger partial charge is 0.387 e. The second kappa shape index (κ2) is 26.8. The van der Waals surface area contributed by atoms with Crippen LogP contribution in [0.5, 0.6) is 0 Å². The van der Waals surface area contributed by atoms with Crippen molar-refractivity contribution in [1.82, 2.24) is 58.6 Å². The molecule has 0 saturated carbocycles. The maximum absolute atomic E-state index is 12.3. The third kappa shape index (κ3) is 14.0. The van der Waals surface area contributed by atoms with Crippen molar-refractivity contribution < 1.29 is 76.1 Å². The van der Waals surface area contributed by atoms with E-state index in [9.17, 15) is 29.8 Å². The minimum atomic E-state index is -4.39. The zero-order chi connectivity index (χ0) is 59.6. The molecule has 0 spiro atoms. The summed E-state index contributed by atoms with van der Waals surface area (Å²) in [5, 5.41) is 23.4. The summed E-state index contributed by atoms with van der Waals surface area (Å²) in [6.07, 6.45) is 0.397. The molecule has 0 aromatic carbocycles. The maximum atomic E-state index is 12.3. The summed E-state index contributed by atoms with van der Waals surface area (Å²) < 4.78 is 67.0. The van der Waals surface area contributed by atoms with Crippen molar-refractivity contribution in [3.63, 3.8) is 0 Å². The molecule has 9 heterocycles. The molecule has 3 saturated heterocycles. The van der Waals surface area contributed by atoms with Gasteiger partial charge in [0.25, 0.3) is 0 Å². The molecule has 37 heteroatoms. The summed E-state index contributed by atoms with van der Waals surface area (Å²) in [6.45, 7) is -8.03. The van der Waals surface area contributed by atoms with Crippen molar-refractivity contribution in [1.29, 1.82) is 0 Å². The number of methoxy groups -OCH3 is 2. The average molecular weight is 1280 g/mol. The van der Waals surface area contributed by atoms with Crippen molar-refractivity contribution in [3.05, 3.63) is 38.0 Å². The molecule has 6 aromatic rings. The first kappa shape index (κ1) is 63.9. The smallest absolute Gasteiger partial charge is 0.325 e. The third-order valence-electron chi connectivity index (χ3n) is 15.1. The Labute approximate surface area is 491 Å². The summed E-state index contributed by atoms with van der Waals surface area (Å²) in [4.78, 5) is 82.7. The summed E-state index contributed by atoms with van der Waals surface area (Å²) in [7, 11) is 2.78. The van der Waals surface area contributed by atoms with Crippen LogP contribution < -0.4 is 17.2 Å². The fourth-order valence-corrected chi connectivity index (χ4v) is 14.4. The van der Waals surface area contributed by atoms with Crippen LogP contribution in [-0.4, -0.2) is 177 Å². The molecule has 6 aromatic heterocycles. The number of hydrogen-bond donors (Lipinski definition) is 9. The molecule has 31 nitrogen and oxygen atoms in total. The summed E-state index contributed by atoms with van der Waals surface area (Å²) in [5.41, 5.74) is 18.9. The van der Waals surface area contributed by atoms with E-state index >= 15 is 0 Å². The van der Waals surface area contributed by atoms with E-state index in [0.717, 1.165) is 32.1 Å². The number of hydrogen-bond acceptors (Lipinski definition) is 27. The molecule has 0 bridgehead atoms. The quantitative estimate of drug-likeness (QED) is 0.0240. The number of nitrogens with two attached hydrogens (primary N) is 3. The highest BCUT2D eigenvalue weighted by Crippen LogP contribution is 2.55. The van der Waals surface area contributed by atoms with Gasteiger partial charge in [-0.1, -0.05) is 65.7 Å². The third-order valence-corrected chi connectivity index (χ3v) is 19.0. The first-order chi connectivity index (χ1) is 39.5. The van der Waals surface area contributed by atoms with Crippen molar-refractivity contribution >= 4 is 107 Å². The number of fused-ring (bicyclic) bond motifs is 3. The van der Waals surface area contributed by atoms with Crippen molar-refractivity contribution in [2.75, 3.05) is 51.2 Å². The second-order valence-corrected chi connectivity index (χ2v) is 29.0. The van der Waals surface area contributed by atoms with E-state index in [4.69, 9.17) is 98.9 Å². The van der Waals surface area contributed by atoms with Gasteiger partial charge in [0.2, 0.25) is 0 Å². The zero-order valence-electron chi connectivity index (χ0n) is 45.9. The minimum absolute atomic E-state index is 0.0767. The lowest BCUT2D eigenvalue weighted by Gasteiger charge is -2.38. The first-order valence-corrected chi connectivity index (χ1v) is 34.5. The molecule has 16 atom stereocenters. The summed E-state index contributed by atoms with van der Waals surface area (Å²) >= 11 is 16.3. The standard InChI is InChI=1S/C46H70N15O16P3S3/c1-6-8-10-11-12-14-46(3,36-29(62)30(63)43(75-36)59-21-56-26-37(47)50-18-53-40(26)59)17-72-80(67,83)77-35-33(69-5)31(74-45(35)61-23-58-28-39(49)52-20-55-42(28)61)24(13-9-7-2)15-71-79(66,82)76-34-32(68-4)25(16-70-78(64,65)81)73-44(34)60-22-57-27-38(48)51-19-54-41(27)60/h18-25,29-36,43-45,62-63H,6-17H2,1-5H3,(H,66,82)(H,67,83)(H2,47,50,53)(H2,48,51,54)(H2,49,52,55)(H2,64,65,81)/t24-,25-,29+,30-,31-,32-,33-,34-,35-,36+,43-,44-,45-,46-,79?,80?/m1/s1. The van der Waals surface area contributed by atoms with Gasteiger partial charge in [-0.3, -0.25) is 22.7 Å². The monoisotopic (exact) mass is 1280 g/mol. The molecule has 458 valence electrons. The van der Waals surface area contributed by atoms with E-state index in [2.05, 4.69) is 51.8 Å². The van der Waals surface area contributed by atoms with Crippen molar-refractivity contribution in [3.8, 4) is 0 Å². The highest BCUT2D eigenvalue weighted by molar-refractivity contribution is 8.07. The van der Waals surface area contributed by atoms with Gasteiger partial charge in [0, 0.05) is 25.6 Å². The van der Waals surface area contributed by atoms with E-state index < -0.39 is 112 Å². The number of anilines is 3. The molecular weight excluding hydrogens is 1210 g/mol. The van der Waals surface area contributed by atoms with Crippen LogP contribution in [0, 0.1) is 11.3 Å². The molecule has 83 heavy (non-hydrogen) atoms. The number of nitrogens with zero attached hydrogens (tertiary/aromatic N) is 12. The molecule has 0 amide bonds. The molecule has 2 unspecified atom stereocenters. The Morgan fingerprint density at radius 1 is 0.602 bits per heavy atom. The van der Waals surface area contributed by atoms with Crippen LogP contribution in [0.3, 0.4) is 0 Å². The lowest BCUT2D eigenvalue weighted by Crippen LogP contribution is -2.45. The molecule has 0 aliphatic carbocycles. The molecule has 3 aliphatic heterocycles. The lowest BCUT2D eigenvalue weighted by atomic mass is 9.77. The Hall–Kier alpha value is -3.64. The Morgan fingerprint density at radius 2 is 1.10 bits per heavy atom. The summed E-state index contributed by atoms with van der Waals surface area (Å²) in [6, 6.07) is 0. The number of aliphatic hydroxyl groups excluding tert-OH is 2. The maximum Gasteiger partial charge on any atom is 0.325 e. The van der Waals surface area contributed by atoms with Gasteiger partial charge in [-0.25, -0.2) is 44.9 Å². The molecular formula is C46H70N15O16P3S3. The van der Waals surface area contributed by atoms with Crippen LogP contribution in [0.1, 0.15) is 97.2 Å². The number of rotatable bonds is 29. The van der Waals surface area contributed by atoms with E-state index in [1.807, 2.05) is 13.8 Å². The number of ether oxygens (including phenoxy) is 5. The van der Waals surface area contributed by atoms with E-state index in [1.54, 1.807) is 4.57 Å². The zero-order valence-corrected chi connectivity index (χ0v) is 51.0. The topological polar surface area (TPSA) is 423 Å². The minimum Gasteiger partial charge on any atom is -0.387 e. The molecule has 3 aliphatic rings. The fraction of sp³-hybridized carbons (Fsp3) is 0.674. The van der Waals surface area contributed by atoms with Crippen LogP contribution in [-0.2, 0) is 81.7 Å². The van der Waals surface area contributed by atoms with Crippen LogP contribution in [0.4, 0.5) is 17.5 Å². The van der Waals surface area contributed by atoms with Crippen molar-refractivity contribution in [2.24, 2.45) is 11.3 Å². The van der Waals surface area contributed by atoms with Gasteiger partial charge in [0.15, 0.2) is 53.1 Å². The van der Waals surface area contributed by atoms with Gasteiger partial charge in [0.1, 0.15) is 78.3 Å². The van der Waals surface area contributed by atoms with Crippen LogP contribution in [0.15, 0.2) is 38.0 Å². The van der Waals surface area contributed by atoms with Crippen molar-refractivity contribution in [2.45, 2.75) is 152 Å². The summed E-state index contributed by atoms with van der Waals surface area (Å²) in [5.74, 6) is -0.370. The highest BCUT2D eigenvalue weighted by atomic mass is 32.5. The van der Waals surface area contributed by atoms with E-state index in [1.165, 1.54) is 61.3 Å².